The lowest BCUT2D eigenvalue weighted by atomic mass is 9.94. The Kier molecular flexibility index (Phi) is 4.35. The number of aryl methyl sites for hydroxylation is 2. The second kappa shape index (κ2) is 5.78. The van der Waals surface area contributed by atoms with E-state index >= 15 is 0 Å². The zero-order chi connectivity index (χ0) is 12.3. The highest BCUT2D eigenvalue weighted by atomic mass is 32.1. The first-order chi connectivity index (χ1) is 8.16. The zero-order valence-corrected chi connectivity index (χ0v) is 11.8. The molecule has 0 radical (unpaired) electrons. The zero-order valence-electron chi connectivity index (χ0n) is 11.0. The minimum absolute atomic E-state index is 0.380. The summed E-state index contributed by atoms with van der Waals surface area (Å²) in [6.07, 6.45) is 8.42. The number of hydrogen-bond acceptors (Lipinski definition) is 3. The summed E-state index contributed by atoms with van der Waals surface area (Å²) in [4.78, 5) is 5.97. The van der Waals surface area contributed by atoms with Crippen LogP contribution in [0.2, 0.25) is 0 Å². The lowest BCUT2D eigenvalue weighted by molar-refractivity contribution is 0.412. The molecular formula is C14H22N2S. The molecule has 94 valence electrons. The number of nitrogens with one attached hydrogen (secondary N) is 1. The molecule has 0 bridgehead atoms. The molecule has 0 saturated heterocycles. The van der Waals surface area contributed by atoms with Crippen LogP contribution in [0.4, 0.5) is 0 Å². The van der Waals surface area contributed by atoms with E-state index in [9.17, 15) is 0 Å². The summed E-state index contributed by atoms with van der Waals surface area (Å²) < 4.78 is 0. The Labute approximate surface area is 108 Å². The second-order valence-corrected chi connectivity index (χ2v) is 6.36. The van der Waals surface area contributed by atoms with Gasteiger partial charge in [0.15, 0.2) is 0 Å². The average Bonchev–Trinajstić information content (AvgIpc) is 2.67. The van der Waals surface area contributed by atoms with Gasteiger partial charge in [0, 0.05) is 10.9 Å². The van der Waals surface area contributed by atoms with Gasteiger partial charge in [-0.2, -0.15) is 0 Å². The van der Waals surface area contributed by atoms with E-state index in [1.165, 1.54) is 34.8 Å². The van der Waals surface area contributed by atoms with E-state index in [4.69, 9.17) is 0 Å². The Hall–Kier alpha value is -0.670. The lowest BCUT2D eigenvalue weighted by Gasteiger charge is -2.21. The third-order valence-electron chi connectivity index (χ3n) is 3.44. The monoisotopic (exact) mass is 250 g/mol. The smallest absolute Gasteiger partial charge is 0.0900 e. The van der Waals surface area contributed by atoms with E-state index in [2.05, 4.69) is 43.2 Å². The summed E-state index contributed by atoms with van der Waals surface area (Å²) in [6, 6.07) is 0.380. The highest BCUT2D eigenvalue weighted by Gasteiger charge is 2.15. The molecule has 1 N–H and O–H groups in total. The molecule has 0 aromatic carbocycles. The van der Waals surface area contributed by atoms with Gasteiger partial charge in [-0.05, 0) is 52.5 Å². The van der Waals surface area contributed by atoms with Crippen LogP contribution in [0, 0.1) is 19.8 Å². The van der Waals surface area contributed by atoms with Crippen molar-refractivity contribution in [2.75, 3.05) is 6.54 Å². The Morgan fingerprint density at radius 3 is 2.88 bits per heavy atom. The van der Waals surface area contributed by atoms with Crippen LogP contribution < -0.4 is 5.32 Å². The second-order valence-electron chi connectivity index (χ2n) is 4.95. The van der Waals surface area contributed by atoms with Crippen molar-refractivity contribution in [2.24, 2.45) is 5.92 Å². The fraction of sp³-hybridized carbons (Fsp3) is 0.643. The third kappa shape index (κ3) is 3.39. The fourth-order valence-corrected chi connectivity index (χ4v) is 3.34. The number of hydrogen-bond donors (Lipinski definition) is 1. The molecule has 1 aliphatic carbocycles. The predicted molar refractivity (Wildman–Crippen MR) is 74.5 cm³/mol. The van der Waals surface area contributed by atoms with Gasteiger partial charge in [0.1, 0.15) is 0 Å². The van der Waals surface area contributed by atoms with Crippen LogP contribution in [0.15, 0.2) is 12.2 Å². The largest absolute Gasteiger partial charge is 0.309 e. The summed E-state index contributed by atoms with van der Waals surface area (Å²) in [6.45, 7) is 7.59. The molecule has 2 unspecified atom stereocenters. The highest BCUT2D eigenvalue weighted by molar-refractivity contribution is 7.11. The number of nitrogens with zero attached hydrogens (tertiary/aromatic N) is 1. The van der Waals surface area contributed by atoms with Crippen molar-refractivity contribution < 1.29 is 0 Å². The van der Waals surface area contributed by atoms with Crippen LogP contribution in [-0.2, 0) is 0 Å². The summed E-state index contributed by atoms with van der Waals surface area (Å²) in [7, 11) is 0. The Bertz CT molecular complexity index is 395. The number of allylic oxidation sites excluding steroid dienone is 2. The van der Waals surface area contributed by atoms with Crippen molar-refractivity contribution in [1.29, 1.82) is 0 Å². The normalized spacial score (nSPS) is 21.7. The highest BCUT2D eigenvalue weighted by Crippen LogP contribution is 2.23. The van der Waals surface area contributed by atoms with Gasteiger partial charge >= 0.3 is 0 Å². The molecule has 2 nitrogen and oxygen atoms in total. The third-order valence-corrected chi connectivity index (χ3v) is 4.34. The number of thiazole rings is 1. The molecule has 2 atom stereocenters. The van der Waals surface area contributed by atoms with Crippen LogP contribution in [-0.4, -0.2) is 11.5 Å². The predicted octanol–water partition coefficient (Wildman–Crippen LogP) is 3.77. The van der Waals surface area contributed by atoms with E-state index in [1.807, 2.05) is 0 Å². The van der Waals surface area contributed by atoms with Crippen molar-refractivity contribution in [1.82, 2.24) is 10.3 Å². The van der Waals surface area contributed by atoms with Gasteiger partial charge in [-0.3, -0.25) is 0 Å². The standard InChI is InChI=1S/C14H22N2S/c1-10(14-11(2)17-12(3)16-14)15-9-13-7-5-4-6-8-13/h4-5,10,13,15H,6-9H2,1-3H3. The molecule has 0 amide bonds. The molecule has 1 aromatic rings. The van der Waals surface area contributed by atoms with E-state index < -0.39 is 0 Å². The molecule has 3 heteroatoms. The van der Waals surface area contributed by atoms with Crippen molar-refractivity contribution >= 4 is 11.3 Å². The van der Waals surface area contributed by atoms with Gasteiger partial charge < -0.3 is 5.32 Å². The molecule has 0 spiro atoms. The topological polar surface area (TPSA) is 24.9 Å². The minimum Gasteiger partial charge on any atom is -0.309 e. The van der Waals surface area contributed by atoms with Crippen LogP contribution in [0.25, 0.3) is 0 Å². The van der Waals surface area contributed by atoms with Crippen molar-refractivity contribution in [3.05, 3.63) is 27.7 Å². The molecular weight excluding hydrogens is 228 g/mol. The van der Waals surface area contributed by atoms with E-state index in [0.717, 1.165) is 12.5 Å². The molecule has 0 aliphatic heterocycles. The molecule has 17 heavy (non-hydrogen) atoms. The molecule has 1 aromatic heterocycles. The summed E-state index contributed by atoms with van der Waals surface area (Å²) >= 11 is 1.80. The lowest BCUT2D eigenvalue weighted by Crippen LogP contribution is -2.26. The van der Waals surface area contributed by atoms with Crippen LogP contribution in [0.5, 0.6) is 0 Å². The molecule has 2 rings (SSSR count). The van der Waals surface area contributed by atoms with E-state index in [0.29, 0.717) is 6.04 Å². The molecule has 0 saturated carbocycles. The molecule has 1 aliphatic rings. The maximum Gasteiger partial charge on any atom is 0.0900 e. The quantitative estimate of drug-likeness (QED) is 0.823. The number of aromatic nitrogens is 1. The van der Waals surface area contributed by atoms with Gasteiger partial charge in [-0.25, -0.2) is 4.98 Å². The maximum atomic E-state index is 4.62. The first-order valence-corrected chi connectivity index (χ1v) is 7.30. The summed E-state index contributed by atoms with van der Waals surface area (Å²) in [5.74, 6) is 0.808. The molecule has 0 fully saturated rings. The summed E-state index contributed by atoms with van der Waals surface area (Å²) in [5, 5.41) is 4.81. The average molecular weight is 250 g/mol. The van der Waals surface area contributed by atoms with Gasteiger partial charge in [0.25, 0.3) is 0 Å². The Morgan fingerprint density at radius 1 is 1.47 bits per heavy atom. The number of rotatable bonds is 4. The van der Waals surface area contributed by atoms with Gasteiger partial charge in [-0.1, -0.05) is 12.2 Å². The van der Waals surface area contributed by atoms with Crippen molar-refractivity contribution in [3.63, 3.8) is 0 Å². The van der Waals surface area contributed by atoms with Crippen LogP contribution in [0.1, 0.15) is 47.8 Å². The fourth-order valence-electron chi connectivity index (χ4n) is 2.43. The first kappa shape index (κ1) is 12.8. The Morgan fingerprint density at radius 2 is 2.29 bits per heavy atom. The van der Waals surface area contributed by atoms with Crippen LogP contribution in [0.3, 0.4) is 0 Å². The van der Waals surface area contributed by atoms with Crippen molar-refractivity contribution in [2.45, 2.75) is 46.1 Å². The van der Waals surface area contributed by atoms with Gasteiger partial charge in [0.2, 0.25) is 0 Å². The van der Waals surface area contributed by atoms with Crippen LogP contribution >= 0.6 is 11.3 Å². The van der Waals surface area contributed by atoms with Gasteiger partial charge in [-0.15, -0.1) is 11.3 Å². The SMILES string of the molecule is Cc1nc(C(C)NCC2CC=CCC2)c(C)s1. The van der Waals surface area contributed by atoms with E-state index in [1.54, 1.807) is 11.3 Å². The minimum atomic E-state index is 0.380. The van der Waals surface area contributed by atoms with E-state index in [-0.39, 0.29) is 0 Å². The maximum absolute atomic E-state index is 4.62. The Balaban J connectivity index is 1.86. The van der Waals surface area contributed by atoms with Crippen molar-refractivity contribution in [3.8, 4) is 0 Å². The molecule has 1 heterocycles. The summed E-state index contributed by atoms with van der Waals surface area (Å²) in [5.41, 5.74) is 1.24. The van der Waals surface area contributed by atoms with Gasteiger partial charge in [0.05, 0.1) is 10.7 Å². The first-order valence-electron chi connectivity index (χ1n) is 6.49.